The van der Waals surface area contributed by atoms with Crippen LogP contribution < -0.4 is 4.74 Å². The summed E-state index contributed by atoms with van der Waals surface area (Å²) in [6.45, 7) is 0. The number of phenols is 1. The third-order valence-electron chi connectivity index (χ3n) is 5.26. The lowest BCUT2D eigenvalue weighted by molar-refractivity contribution is 0.422. The van der Waals surface area contributed by atoms with E-state index in [2.05, 4.69) is 27.2 Å². The molecule has 1 atom stereocenters. The average molecular weight is 393 g/mol. The number of phenolic OH excluding ortho intramolecular Hbond substituents is 1. The van der Waals surface area contributed by atoms with Crippen molar-refractivity contribution in [1.29, 1.82) is 0 Å². The standard InChI is InChI=1S/C23H15N5O2/c29-16-6-7-17-18(12-16)30-23-20(19(17)14-4-2-1-3-5-14)22-26-21(27-28(22)13-25-23)15-8-10-24-11-9-15/h1-13,19,29H/t19-/m1/s1. The van der Waals surface area contributed by atoms with E-state index in [-0.39, 0.29) is 11.7 Å². The zero-order valence-corrected chi connectivity index (χ0v) is 15.7. The fraction of sp³-hybridized carbons (Fsp3) is 0.0435. The molecule has 144 valence electrons. The van der Waals surface area contributed by atoms with E-state index in [1.165, 1.54) is 0 Å². The molecular weight excluding hydrogens is 378 g/mol. The Morgan fingerprint density at radius 3 is 2.63 bits per heavy atom. The first-order valence-electron chi connectivity index (χ1n) is 9.49. The van der Waals surface area contributed by atoms with E-state index in [0.717, 1.165) is 22.3 Å². The van der Waals surface area contributed by atoms with E-state index in [9.17, 15) is 5.11 Å². The highest BCUT2D eigenvalue weighted by Crippen LogP contribution is 2.48. The van der Waals surface area contributed by atoms with E-state index in [1.807, 2.05) is 36.4 Å². The number of aromatic hydroxyl groups is 1. The van der Waals surface area contributed by atoms with Crippen LogP contribution in [0.15, 0.2) is 79.4 Å². The lowest BCUT2D eigenvalue weighted by Gasteiger charge is -2.27. The maximum absolute atomic E-state index is 9.96. The van der Waals surface area contributed by atoms with Crippen molar-refractivity contribution in [3.8, 4) is 28.8 Å². The summed E-state index contributed by atoms with van der Waals surface area (Å²) in [5.41, 5.74) is 4.42. The summed E-state index contributed by atoms with van der Waals surface area (Å²) < 4.78 is 7.75. The van der Waals surface area contributed by atoms with Crippen LogP contribution in [0.1, 0.15) is 22.6 Å². The average Bonchev–Trinajstić information content (AvgIpc) is 3.23. The maximum Gasteiger partial charge on any atom is 0.228 e. The molecule has 0 bridgehead atoms. The number of ether oxygens (including phenoxy) is 1. The number of hydrogen-bond acceptors (Lipinski definition) is 6. The van der Waals surface area contributed by atoms with Crippen molar-refractivity contribution >= 4 is 5.65 Å². The molecule has 7 heteroatoms. The van der Waals surface area contributed by atoms with Gasteiger partial charge < -0.3 is 9.84 Å². The van der Waals surface area contributed by atoms with Gasteiger partial charge in [0.15, 0.2) is 11.5 Å². The van der Waals surface area contributed by atoms with Gasteiger partial charge in [0.2, 0.25) is 5.88 Å². The highest BCUT2D eigenvalue weighted by Gasteiger charge is 2.33. The second-order valence-electron chi connectivity index (χ2n) is 7.07. The van der Waals surface area contributed by atoms with Crippen LogP contribution in [0, 0.1) is 0 Å². The van der Waals surface area contributed by atoms with Crippen molar-refractivity contribution in [2.75, 3.05) is 0 Å². The molecule has 0 saturated carbocycles. The lowest BCUT2D eigenvalue weighted by atomic mass is 9.84. The molecule has 0 fully saturated rings. The minimum absolute atomic E-state index is 0.146. The second kappa shape index (κ2) is 6.38. The first kappa shape index (κ1) is 16.7. The Kier molecular flexibility index (Phi) is 3.55. The number of rotatable bonds is 2. The van der Waals surface area contributed by atoms with E-state index in [4.69, 9.17) is 9.72 Å². The van der Waals surface area contributed by atoms with Crippen molar-refractivity contribution in [2.45, 2.75) is 5.92 Å². The van der Waals surface area contributed by atoms with Gasteiger partial charge >= 0.3 is 0 Å². The third kappa shape index (κ3) is 2.52. The zero-order chi connectivity index (χ0) is 20.1. The second-order valence-corrected chi connectivity index (χ2v) is 7.07. The molecular formula is C23H15N5O2. The van der Waals surface area contributed by atoms with Crippen molar-refractivity contribution < 1.29 is 9.84 Å². The van der Waals surface area contributed by atoms with Crippen LogP contribution >= 0.6 is 0 Å². The van der Waals surface area contributed by atoms with E-state index < -0.39 is 0 Å². The van der Waals surface area contributed by atoms with Gasteiger partial charge in [-0.2, -0.15) is 0 Å². The summed E-state index contributed by atoms with van der Waals surface area (Å²) in [5.74, 6) is 1.63. The van der Waals surface area contributed by atoms with E-state index in [1.54, 1.807) is 35.4 Å². The van der Waals surface area contributed by atoms with Gasteiger partial charge in [-0.3, -0.25) is 4.98 Å². The monoisotopic (exact) mass is 393 g/mol. The molecule has 0 radical (unpaired) electrons. The Balaban J connectivity index is 1.63. The molecule has 1 aliphatic heterocycles. The van der Waals surface area contributed by atoms with Crippen LogP contribution in [0.4, 0.5) is 0 Å². The van der Waals surface area contributed by atoms with Crippen LogP contribution in [0.5, 0.6) is 17.4 Å². The van der Waals surface area contributed by atoms with Crippen molar-refractivity contribution in [1.82, 2.24) is 24.6 Å². The number of benzene rings is 2. The number of pyridine rings is 1. The Morgan fingerprint density at radius 2 is 1.80 bits per heavy atom. The van der Waals surface area contributed by atoms with E-state index >= 15 is 0 Å². The van der Waals surface area contributed by atoms with Gasteiger partial charge in [0.25, 0.3) is 0 Å². The molecule has 5 aromatic rings. The Hall–Kier alpha value is -4.26. The summed E-state index contributed by atoms with van der Waals surface area (Å²) >= 11 is 0. The first-order chi connectivity index (χ1) is 14.8. The summed E-state index contributed by atoms with van der Waals surface area (Å²) in [4.78, 5) is 13.4. The van der Waals surface area contributed by atoms with Gasteiger partial charge in [-0.05, 0) is 23.8 Å². The summed E-state index contributed by atoms with van der Waals surface area (Å²) in [6.07, 6.45) is 5.03. The van der Waals surface area contributed by atoms with Gasteiger partial charge in [0, 0.05) is 35.5 Å². The van der Waals surface area contributed by atoms with Gasteiger partial charge in [0.1, 0.15) is 17.8 Å². The minimum atomic E-state index is -0.156. The van der Waals surface area contributed by atoms with E-state index in [0.29, 0.717) is 23.1 Å². The predicted molar refractivity (Wildman–Crippen MR) is 110 cm³/mol. The first-order valence-corrected chi connectivity index (χ1v) is 9.49. The molecule has 2 aromatic carbocycles. The molecule has 6 rings (SSSR count). The van der Waals surface area contributed by atoms with Crippen LogP contribution in [-0.4, -0.2) is 29.7 Å². The normalized spacial score (nSPS) is 14.7. The summed E-state index contributed by atoms with van der Waals surface area (Å²) in [5, 5.41) is 14.6. The molecule has 0 aliphatic carbocycles. The Labute approximate surface area is 171 Å². The number of aromatic nitrogens is 5. The highest BCUT2D eigenvalue weighted by atomic mass is 16.5. The quantitative estimate of drug-likeness (QED) is 0.475. The van der Waals surface area contributed by atoms with Gasteiger partial charge in [-0.1, -0.05) is 36.4 Å². The molecule has 0 saturated heterocycles. The predicted octanol–water partition coefficient (Wildman–Crippen LogP) is 4.18. The molecule has 0 amide bonds. The lowest BCUT2D eigenvalue weighted by Crippen LogP contribution is -2.14. The number of nitrogens with zero attached hydrogens (tertiary/aromatic N) is 5. The maximum atomic E-state index is 9.96. The molecule has 7 nitrogen and oxygen atoms in total. The summed E-state index contributed by atoms with van der Waals surface area (Å²) in [6, 6.07) is 19.0. The Morgan fingerprint density at radius 1 is 0.967 bits per heavy atom. The van der Waals surface area contributed by atoms with Gasteiger partial charge in [-0.15, -0.1) is 5.10 Å². The van der Waals surface area contributed by atoms with Gasteiger partial charge in [0.05, 0.1) is 5.56 Å². The van der Waals surface area contributed by atoms with Crippen molar-refractivity contribution in [3.05, 3.63) is 96.1 Å². The van der Waals surface area contributed by atoms with Crippen molar-refractivity contribution in [3.63, 3.8) is 0 Å². The fourth-order valence-electron chi connectivity index (χ4n) is 3.92. The topological polar surface area (TPSA) is 85.4 Å². The van der Waals surface area contributed by atoms with Crippen LogP contribution in [0.3, 0.4) is 0 Å². The SMILES string of the molecule is Oc1ccc2c(c1)Oc1ncn3nc(-c4ccncc4)nc3c1[C@@H]2c1ccccc1. The molecule has 0 unspecified atom stereocenters. The number of hydrogen-bond donors (Lipinski definition) is 1. The molecule has 3 aromatic heterocycles. The minimum Gasteiger partial charge on any atom is -0.508 e. The van der Waals surface area contributed by atoms with Crippen molar-refractivity contribution in [2.24, 2.45) is 0 Å². The van der Waals surface area contributed by atoms with Crippen LogP contribution in [0.25, 0.3) is 17.0 Å². The molecule has 1 aliphatic rings. The summed E-state index contributed by atoms with van der Waals surface area (Å²) in [7, 11) is 0. The van der Waals surface area contributed by atoms with Crippen LogP contribution in [-0.2, 0) is 0 Å². The zero-order valence-electron chi connectivity index (χ0n) is 15.7. The smallest absolute Gasteiger partial charge is 0.228 e. The molecule has 1 N–H and O–H groups in total. The molecule has 0 spiro atoms. The fourth-order valence-corrected chi connectivity index (χ4v) is 3.92. The largest absolute Gasteiger partial charge is 0.508 e. The Bertz CT molecular complexity index is 1380. The third-order valence-corrected chi connectivity index (χ3v) is 5.26. The molecule has 30 heavy (non-hydrogen) atoms. The molecule has 4 heterocycles. The number of fused-ring (bicyclic) bond motifs is 4. The highest BCUT2D eigenvalue weighted by molar-refractivity contribution is 5.68. The van der Waals surface area contributed by atoms with Gasteiger partial charge in [-0.25, -0.2) is 14.5 Å². The van der Waals surface area contributed by atoms with Crippen LogP contribution in [0.2, 0.25) is 0 Å².